The lowest BCUT2D eigenvalue weighted by atomic mass is 10.1. The van der Waals surface area contributed by atoms with E-state index in [4.69, 9.17) is 32.7 Å². The smallest absolute Gasteiger partial charge is 0.260 e. The number of piperazine rings is 1. The van der Waals surface area contributed by atoms with Gasteiger partial charge in [-0.3, -0.25) is 9.69 Å². The lowest BCUT2D eigenvalue weighted by Crippen LogP contribution is -2.50. The number of halogens is 2. The molecule has 1 saturated heterocycles. The van der Waals surface area contributed by atoms with Gasteiger partial charge in [-0.25, -0.2) is 0 Å². The fraction of sp³-hybridized carbons (Fsp3) is 0.321. The molecule has 1 atom stereocenters. The lowest BCUT2D eigenvalue weighted by molar-refractivity contribution is -0.135. The second kappa shape index (κ2) is 12.4. The zero-order chi connectivity index (χ0) is 24.6. The summed E-state index contributed by atoms with van der Waals surface area (Å²) in [6, 6.07) is 23.2. The summed E-state index contributed by atoms with van der Waals surface area (Å²) in [6.45, 7) is 6.28. The van der Waals surface area contributed by atoms with E-state index in [1.165, 1.54) is 5.56 Å². The molecule has 0 aromatic heterocycles. The number of ether oxygens (including phenoxy) is 2. The monoisotopic (exact) mass is 512 g/mol. The summed E-state index contributed by atoms with van der Waals surface area (Å²) in [6.07, 6.45) is -0.0942. The standard InChI is InChI=1S/C28H30Cl2N2O3/c1-21-3-2-4-22(17-21)19-35-27(23-5-7-24(29)8-6-23)18-31-13-15-32(16-14-31)28(33)20-34-26-11-9-25(30)10-12-26/h2-12,17,27H,13-16,18-20H2,1H3. The Bertz CT molecular complexity index is 1100. The molecular formula is C28H30Cl2N2O3. The summed E-state index contributed by atoms with van der Waals surface area (Å²) in [4.78, 5) is 16.8. The maximum atomic E-state index is 12.6. The van der Waals surface area contributed by atoms with Gasteiger partial charge in [0.25, 0.3) is 5.91 Å². The Balaban J connectivity index is 1.30. The van der Waals surface area contributed by atoms with Crippen LogP contribution < -0.4 is 4.74 Å². The number of carbonyl (C=O) groups excluding carboxylic acids is 1. The van der Waals surface area contributed by atoms with Gasteiger partial charge < -0.3 is 14.4 Å². The molecule has 1 aliphatic rings. The van der Waals surface area contributed by atoms with Crippen LogP contribution in [0.1, 0.15) is 22.8 Å². The van der Waals surface area contributed by atoms with E-state index in [2.05, 4.69) is 36.1 Å². The van der Waals surface area contributed by atoms with Crippen LogP contribution in [0.15, 0.2) is 72.8 Å². The van der Waals surface area contributed by atoms with Crippen LogP contribution in [-0.4, -0.2) is 55.0 Å². The molecule has 0 aliphatic carbocycles. The summed E-state index contributed by atoms with van der Waals surface area (Å²) in [5, 5.41) is 1.35. The molecule has 3 aromatic carbocycles. The summed E-state index contributed by atoms with van der Waals surface area (Å²) in [7, 11) is 0. The van der Waals surface area contributed by atoms with Crippen molar-refractivity contribution in [1.82, 2.24) is 9.80 Å². The van der Waals surface area contributed by atoms with Gasteiger partial charge >= 0.3 is 0 Å². The highest BCUT2D eigenvalue weighted by atomic mass is 35.5. The molecule has 1 fully saturated rings. The number of benzene rings is 3. The minimum absolute atomic E-state index is 0.00968. The predicted molar refractivity (Wildman–Crippen MR) is 140 cm³/mol. The Kier molecular flexibility index (Phi) is 9.05. The number of rotatable bonds is 9. The molecular weight excluding hydrogens is 483 g/mol. The highest BCUT2D eigenvalue weighted by Gasteiger charge is 2.24. The third kappa shape index (κ3) is 7.71. The van der Waals surface area contributed by atoms with Gasteiger partial charge in [0.15, 0.2) is 6.61 Å². The molecule has 3 aromatic rings. The van der Waals surface area contributed by atoms with Crippen molar-refractivity contribution in [3.8, 4) is 5.75 Å². The van der Waals surface area contributed by atoms with Crippen molar-refractivity contribution in [3.63, 3.8) is 0 Å². The normalized spacial score (nSPS) is 15.1. The van der Waals surface area contributed by atoms with Gasteiger partial charge in [-0.05, 0) is 54.4 Å². The van der Waals surface area contributed by atoms with Crippen LogP contribution in [0.3, 0.4) is 0 Å². The van der Waals surface area contributed by atoms with Crippen molar-refractivity contribution in [3.05, 3.63) is 99.5 Å². The van der Waals surface area contributed by atoms with Crippen LogP contribution >= 0.6 is 23.2 Å². The molecule has 0 N–H and O–H groups in total. The molecule has 0 saturated carbocycles. The van der Waals surface area contributed by atoms with E-state index in [1.807, 2.05) is 29.2 Å². The van der Waals surface area contributed by atoms with Gasteiger partial charge in [0.05, 0.1) is 12.7 Å². The average molecular weight is 513 g/mol. The fourth-order valence-electron chi connectivity index (χ4n) is 4.11. The van der Waals surface area contributed by atoms with Crippen LogP contribution in [0, 0.1) is 6.92 Å². The molecule has 1 heterocycles. The highest BCUT2D eigenvalue weighted by Crippen LogP contribution is 2.24. The first kappa shape index (κ1) is 25.5. The molecule has 0 spiro atoms. The molecule has 1 amide bonds. The largest absolute Gasteiger partial charge is 0.484 e. The molecule has 5 nitrogen and oxygen atoms in total. The molecule has 7 heteroatoms. The molecule has 1 unspecified atom stereocenters. The fourth-order valence-corrected chi connectivity index (χ4v) is 4.36. The van der Waals surface area contributed by atoms with E-state index in [0.29, 0.717) is 35.5 Å². The van der Waals surface area contributed by atoms with Crippen molar-refractivity contribution in [2.45, 2.75) is 19.6 Å². The summed E-state index contributed by atoms with van der Waals surface area (Å²) >= 11 is 12.0. The third-order valence-corrected chi connectivity index (χ3v) is 6.60. The van der Waals surface area contributed by atoms with E-state index in [9.17, 15) is 4.79 Å². The number of amides is 1. The first-order valence-electron chi connectivity index (χ1n) is 11.8. The van der Waals surface area contributed by atoms with Crippen molar-refractivity contribution in [1.29, 1.82) is 0 Å². The second-order valence-corrected chi connectivity index (χ2v) is 9.64. The highest BCUT2D eigenvalue weighted by molar-refractivity contribution is 6.30. The Morgan fingerprint density at radius 3 is 2.23 bits per heavy atom. The summed E-state index contributed by atoms with van der Waals surface area (Å²) < 4.78 is 12.0. The van der Waals surface area contributed by atoms with Crippen LogP contribution in [0.5, 0.6) is 5.75 Å². The molecule has 4 rings (SSSR count). The second-order valence-electron chi connectivity index (χ2n) is 8.76. The average Bonchev–Trinajstić information content (AvgIpc) is 2.87. The van der Waals surface area contributed by atoms with Gasteiger partial charge in [0.2, 0.25) is 0 Å². The summed E-state index contributed by atoms with van der Waals surface area (Å²) in [5.74, 6) is 0.627. The molecule has 184 valence electrons. The Hall–Kier alpha value is -2.57. The SMILES string of the molecule is Cc1cccc(COC(CN2CCN(C(=O)COc3ccc(Cl)cc3)CC2)c2ccc(Cl)cc2)c1. The van der Waals surface area contributed by atoms with E-state index in [1.54, 1.807) is 24.3 Å². The number of hydrogen-bond acceptors (Lipinski definition) is 4. The first-order valence-corrected chi connectivity index (χ1v) is 12.5. The summed E-state index contributed by atoms with van der Waals surface area (Å²) in [5.41, 5.74) is 3.46. The van der Waals surface area contributed by atoms with E-state index < -0.39 is 0 Å². The predicted octanol–water partition coefficient (Wildman–Crippen LogP) is 5.78. The van der Waals surface area contributed by atoms with Gasteiger partial charge in [-0.15, -0.1) is 0 Å². The Morgan fingerprint density at radius 2 is 1.57 bits per heavy atom. The zero-order valence-electron chi connectivity index (χ0n) is 19.8. The molecule has 0 bridgehead atoms. The molecule has 1 aliphatic heterocycles. The van der Waals surface area contributed by atoms with Crippen LogP contribution in [0.25, 0.3) is 0 Å². The quantitative estimate of drug-likeness (QED) is 0.364. The van der Waals surface area contributed by atoms with E-state index >= 15 is 0 Å². The van der Waals surface area contributed by atoms with Crippen LogP contribution in [0.2, 0.25) is 10.0 Å². The van der Waals surface area contributed by atoms with Crippen molar-refractivity contribution in [2.75, 3.05) is 39.3 Å². The van der Waals surface area contributed by atoms with E-state index in [0.717, 1.165) is 30.8 Å². The van der Waals surface area contributed by atoms with Crippen molar-refractivity contribution in [2.24, 2.45) is 0 Å². The first-order chi connectivity index (χ1) is 17.0. The van der Waals surface area contributed by atoms with Crippen LogP contribution in [0.4, 0.5) is 0 Å². The van der Waals surface area contributed by atoms with Gasteiger partial charge in [0.1, 0.15) is 5.75 Å². The van der Waals surface area contributed by atoms with Crippen molar-refractivity contribution >= 4 is 29.1 Å². The lowest BCUT2D eigenvalue weighted by Gasteiger charge is -2.36. The number of nitrogens with zero attached hydrogens (tertiary/aromatic N) is 2. The molecule has 0 radical (unpaired) electrons. The van der Waals surface area contributed by atoms with Gasteiger partial charge in [-0.1, -0.05) is 65.2 Å². The number of hydrogen-bond donors (Lipinski definition) is 0. The topological polar surface area (TPSA) is 42.0 Å². The van der Waals surface area contributed by atoms with Gasteiger partial charge in [0, 0.05) is 42.8 Å². The minimum atomic E-state index is -0.0942. The Labute approximate surface area is 217 Å². The minimum Gasteiger partial charge on any atom is -0.484 e. The zero-order valence-corrected chi connectivity index (χ0v) is 21.3. The van der Waals surface area contributed by atoms with Crippen LogP contribution in [-0.2, 0) is 16.1 Å². The number of aryl methyl sites for hydroxylation is 1. The third-order valence-electron chi connectivity index (χ3n) is 6.10. The Morgan fingerprint density at radius 1 is 0.914 bits per heavy atom. The van der Waals surface area contributed by atoms with E-state index in [-0.39, 0.29) is 18.6 Å². The maximum absolute atomic E-state index is 12.6. The molecule has 35 heavy (non-hydrogen) atoms. The maximum Gasteiger partial charge on any atom is 0.260 e. The van der Waals surface area contributed by atoms with Gasteiger partial charge in [-0.2, -0.15) is 0 Å². The van der Waals surface area contributed by atoms with Crippen molar-refractivity contribution < 1.29 is 14.3 Å². The number of carbonyl (C=O) groups is 1.